The molecule has 0 heterocycles. The maximum atomic E-state index is 13.7. The Bertz CT molecular complexity index is 1240. The summed E-state index contributed by atoms with van der Waals surface area (Å²) in [6, 6.07) is 30.9. The van der Waals surface area contributed by atoms with Crippen LogP contribution in [0.5, 0.6) is 5.75 Å². The van der Waals surface area contributed by atoms with E-state index in [2.05, 4.69) is 31.9 Å². The zero-order valence-corrected chi connectivity index (χ0v) is 20.0. The van der Waals surface area contributed by atoms with Crippen molar-refractivity contribution in [1.29, 1.82) is 0 Å². The Morgan fingerprint density at radius 1 is 0.688 bits per heavy atom. The SMILES string of the molecule is O=C(c1ccc(O)cc1)N(C(=Nc1ccc(Br)cc1)c1ccccc1)c1ccc(Br)cc1. The molecule has 0 saturated heterocycles. The smallest absolute Gasteiger partial charge is 0.264 e. The first-order chi connectivity index (χ1) is 15.5. The first-order valence-electron chi connectivity index (χ1n) is 9.80. The topological polar surface area (TPSA) is 52.9 Å². The van der Waals surface area contributed by atoms with Crippen molar-refractivity contribution >= 4 is 55.0 Å². The van der Waals surface area contributed by atoms with E-state index in [4.69, 9.17) is 4.99 Å². The minimum Gasteiger partial charge on any atom is -0.508 e. The monoisotopic (exact) mass is 548 g/mol. The van der Waals surface area contributed by atoms with Crippen LogP contribution in [0, 0.1) is 0 Å². The minimum atomic E-state index is -0.257. The van der Waals surface area contributed by atoms with Crippen LogP contribution < -0.4 is 4.90 Å². The summed E-state index contributed by atoms with van der Waals surface area (Å²) >= 11 is 6.91. The molecule has 0 aromatic heterocycles. The van der Waals surface area contributed by atoms with Crippen LogP contribution in [0.4, 0.5) is 11.4 Å². The van der Waals surface area contributed by atoms with Gasteiger partial charge in [-0.05, 0) is 72.8 Å². The molecule has 4 rings (SSSR count). The van der Waals surface area contributed by atoms with E-state index in [9.17, 15) is 9.90 Å². The molecule has 6 heteroatoms. The molecule has 0 aliphatic carbocycles. The Balaban J connectivity index is 1.91. The number of anilines is 1. The van der Waals surface area contributed by atoms with E-state index in [-0.39, 0.29) is 11.7 Å². The van der Waals surface area contributed by atoms with Crippen LogP contribution >= 0.6 is 31.9 Å². The summed E-state index contributed by atoms with van der Waals surface area (Å²) in [6.07, 6.45) is 0. The number of carbonyl (C=O) groups is 1. The molecule has 0 fully saturated rings. The van der Waals surface area contributed by atoms with E-state index in [0.717, 1.165) is 14.5 Å². The number of hydrogen-bond donors (Lipinski definition) is 1. The van der Waals surface area contributed by atoms with Gasteiger partial charge in [0, 0.05) is 20.1 Å². The molecule has 0 aliphatic heterocycles. The van der Waals surface area contributed by atoms with Gasteiger partial charge < -0.3 is 5.11 Å². The van der Waals surface area contributed by atoms with Crippen molar-refractivity contribution in [2.24, 2.45) is 4.99 Å². The molecule has 4 nitrogen and oxygen atoms in total. The van der Waals surface area contributed by atoms with Crippen LogP contribution in [0.25, 0.3) is 0 Å². The molecular weight excluding hydrogens is 532 g/mol. The number of nitrogens with zero attached hydrogens (tertiary/aromatic N) is 2. The number of phenolic OH excluding ortho intramolecular Hbond substituents is 1. The van der Waals surface area contributed by atoms with E-state index in [0.29, 0.717) is 22.8 Å². The fourth-order valence-corrected chi connectivity index (χ4v) is 3.66. The van der Waals surface area contributed by atoms with Gasteiger partial charge in [-0.2, -0.15) is 0 Å². The van der Waals surface area contributed by atoms with Crippen LogP contribution in [0.15, 0.2) is 117 Å². The summed E-state index contributed by atoms with van der Waals surface area (Å²) in [5.74, 6) is 0.337. The van der Waals surface area contributed by atoms with Crippen LogP contribution in [-0.2, 0) is 0 Å². The number of phenols is 1. The maximum Gasteiger partial charge on any atom is 0.264 e. The first kappa shape index (κ1) is 22.0. The molecule has 1 N–H and O–H groups in total. The van der Waals surface area contributed by atoms with Crippen molar-refractivity contribution in [3.05, 3.63) is 123 Å². The Labute approximate surface area is 203 Å². The molecule has 0 atom stereocenters. The van der Waals surface area contributed by atoms with Crippen LogP contribution in [0.3, 0.4) is 0 Å². The number of amides is 1. The quantitative estimate of drug-likeness (QED) is 0.214. The lowest BCUT2D eigenvalue weighted by atomic mass is 10.1. The third-order valence-electron chi connectivity index (χ3n) is 4.71. The number of hydrogen-bond acceptors (Lipinski definition) is 3. The highest BCUT2D eigenvalue weighted by atomic mass is 79.9. The highest BCUT2D eigenvalue weighted by Crippen LogP contribution is 2.26. The van der Waals surface area contributed by atoms with E-state index >= 15 is 0 Å². The van der Waals surface area contributed by atoms with Gasteiger partial charge >= 0.3 is 0 Å². The third kappa shape index (κ3) is 5.15. The van der Waals surface area contributed by atoms with Crippen LogP contribution in [0.1, 0.15) is 15.9 Å². The Kier molecular flexibility index (Phi) is 6.83. The molecule has 0 radical (unpaired) electrons. The lowest BCUT2D eigenvalue weighted by Gasteiger charge is -2.25. The zero-order valence-electron chi connectivity index (χ0n) is 16.8. The zero-order chi connectivity index (χ0) is 22.5. The summed E-state index contributed by atoms with van der Waals surface area (Å²) in [5, 5.41) is 9.67. The molecule has 0 spiro atoms. The van der Waals surface area contributed by atoms with Crippen molar-refractivity contribution < 1.29 is 9.90 Å². The number of rotatable bonds is 4. The summed E-state index contributed by atoms with van der Waals surface area (Å²) in [4.78, 5) is 20.2. The molecule has 4 aromatic carbocycles. The summed E-state index contributed by atoms with van der Waals surface area (Å²) < 4.78 is 1.85. The minimum absolute atomic E-state index is 0.101. The highest BCUT2D eigenvalue weighted by Gasteiger charge is 2.25. The second-order valence-corrected chi connectivity index (χ2v) is 8.77. The van der Waals surface area contributed by atoms with Crippen molar-refractivity contribution in [3.8, 4) is 5.75 Å². The average molecular weight is 550 g/mol. The summed E-state index contributed by atoms with van der Waals surface area (Å²) in [5.41, 5.74) is 2.62. The van der Waals surface area contributed by atoms with Gasteiger partial charge in [0.2, 0.25) is 0 Å². The lowest BCUT2D eigenvalue weighted by molar-refractivity contribution is 0.100. The molecule has 4 aromatic rings. The molecular formula is C26H18Br2N2O2. The standard InChI is InChI=1S/C26H18Br2N2O2/c27-20-8-12-22(13-9-20)29-25(18-4-2-1-3-5-18)30(23-14-10-21(28)11-15-23)26(32)19-6-16-24(31)17-7-19/h1-17,31H. The van der Waals surface area contributed by atoms with E-state index in [1.54, 1.807) is 17.0 Å². The molecule has 1 amide bonds. The third-order valence-corrected chi connectivity index (χ3v) is 5.76. The van der Waals surface area contributed by atoms with Gasteiger partial charge in [-0.25, -0.2) is 4.99 Å². The molecule has 0 aliphatic rings. The molecule has 32 heavy (non-hydrogen) atoms. The van der Waals surface area contributed by atoms with Gasteiger partial charge in [0.15, 0.2) is 0 Å². The van der Waals surface area contributed by atoms with Gasteiger partial charge in [0.25, 0.3) is 5.91 Å². The fourth-order valence-electron chi connectivity index (χ4n) is 3.13. The van der Waals surface area contributed by atoms with E-state index in [1.807, 2.05) is 78.9 Å². The predicted octanol–water partition coefficient (Wildman–Crippen LogP) is 7.34. The van der Waals surface area contributed by atoms with E-state index in [1.165, 1.54) is 12.1 Å². The Morgan fingerprint density at radius 3 is 1.84 bits per heavy atom. The normalized spacial score (nSPS) is 11.2. The second-order valence-electron chi connectivity index (χ2n) is 6.94. The lowest BCUT2D eigenvalue weighted by Crippen LogP contribution is -2.37. The largest absolute Gasteiger partial charge is 0.508 e. The summed E-state index contributed by atoms with van der Waals surface area (Å²) in [7, 11) is 0. The molecule has 158 valence electrons. The van der Waals surface area contributed by atoms with Crippen LogP contribution in [0.2, 0.25) is 0 Å². The van der Waals surface area contributed by atoms with Crippen molar-refractivity contribution in [2.45, 2.75) is 0 Å². The van der Waals surface area contributed by atoms with Crippen molar-refractivity contribution in [2.75, 3.05) is 4.90 Å². The van der Waals surface area contributed by atoms with Gasteiger partial charge in [0.05, 0.1) is 11.4 Å². The van der Waals surface area contributed by atoms with E-state index < -0.39 is 0 Å². The van der Waals surface area contributed by atoms with Gasteiger partial charge in [-0.15, -0.1) is 0 Å². The predicted molar refractivity (Wildman–Crippen MR) is 136 cm³/mol. The van der Waals surface area contributed by atoms with Crippen molar-refractivity contribution in [1.82, 2.24) is 0 Å². The molecule has 0 saturated carbocycles. The fraction of sp³-hybridized carbons (Fsp3) is 0. The van der Waals surface area contributed by atoms with Gasteiger partial charge in [0.1, 0.15) is 11.6 Å². The second kappa shape index (κ2) is 9.94. The Hall–Kier alpha value is -3.22. The molecule has 0 bridgehead atoms. The Morgan fingerprint density at radius 2 is 1.25 bits per heavy atom. The first-order valence-corrected chi connectivity index (χ1v) is 11.4. The van der Waals surface area contributed by atoms with Gasteiger partial charge in [-0.3, -0.25) is 9.69 Å². The number of aromatic hydroxyl groups is 1. The number of halogens is 2. The maximum absolute atomic E-state index is 13.7. The van der Waals surface area contributed by atoms with Crippen LogP contribution in [-0.4, -0.2) is 16.8 Å². The average Bonchev–Trinajstić information content (AvgIpc) is 2.82. The number of carbonyl (C=O) groups excluding carboxylic acids is 1. The summed E-state index contributed by atoms with van der Waals surface area (Å²) in [6.45, 7) is 0. The number of aliphatic imine (C=N–C) groups is 1. The van der Waals surface area contributed by atoms with Gasteiger partial charge in [-0.1, -0.05) is 62.2 Å². The van der Waals surface area contributed by atoms with Crippen molar-refractivity contribution in [3.63, 3.8) is 0 Å². The number of amidine groups is 1. The highest BCUT2D eigenvalue weighted by molar-refractivity contribution is 9.10. The molecule has 0 unspecified atom stereocenters. The number of benzene rings is 4.